The van der Waals surface area contributed by atoms with Crippen LogP contribution in [-0.2, 0) is 0 Å². The maximum atomic E-state index is 12.1. The number of amides is 1. The topological polar surface area (TPSA) is 55.1 Å². The Balaban J connectivity index is 2.18. The molecule has 4 nitrogen and oxygen atoms in total. The molecule has 0 aliphatic rings. The summed E-state index contributed by atoms with van der Waals surface area (Å²) in [6.07, 6.45) is 0. The predicted molar refractivity (Wildman–Crippen MR) is 77.7 cm³/mol. The molecule has 0 aliphatic heterocycles. The van der Waals surface area contributed by atoms with Gasteiger partial charge >= 0.3 is 0 Å². The van der Waals surface area contributed by atoms with Crippen molar-refractivity contribution in [3.8, 4) is 0 Å². The van der Waals surface area contributed by atoms with Crippen LogP contribution >= 0.6 is 27.5 Å². The number of hydrogen-bond acceptors (Lipinski definition) is 3. The standard InChI is InChI=1S/C13H12BrClN2O2/c1-7(2)10-6-11(19-17-10)16-13(18)8-4-3-5-9(14)12(8)15/h3-7H,1-2H3,(H,16,18). The molecule has 1 N–H and O–H groups in total. The fourth-order valence-corrected chi connectivity index (χ4v) is 2.06. The minimum Gasteiger partial charge on any atom is -0.338 e. The molecule has 2 rings (SSSR count). The van der Waals surface area contributed by atoms with E-state index in [2.05, 4.69) is 26.4 Å². The number of anilines is 1. The fraction of sp³-hybridized carbons (Fsp3) is 0.231. The van der Waals surface area contributed by atoms with Crippen molar-refractivity contribution in [2.45, 2.75) is 19.8 Å². The molecule has 6 heteroatoms. The van der Waals surface area contributed by atoms with E-state index in [0.717, 1.165) is 5.69 Å². The van der Waals surface area contributed by atoms with E-state index in [0.29, 0.717) is 20.9 Å². The van der Waals surface area contributed by atoms with Crippen molar-refractivity contribution >= 4 is 39.3 Å². The lowest BCUT2D eigenvalue weighted by molar-refractivity contribution is 0.102. The molecule has 0 saturated heterocycles. The second-order valence-corrected chi connectivity index (χ2v) is 5.56. The summed E-state index contributed by atoms with van der Waals surface area (Å²) >= 11 is 9.33. The number of carbonyl (C=O) groups excluding carboxylic acids is 1. The molecule has 0 radical (unpaired) electrons. The molecule has 1 heterocycles. The van der Waals surface area contributed by atoms with Crippen LogP contribution < -0.4 is 5.32 Å². The quantitative estimate of drug-likeness (QED) is 0.894. The number of hydrogen-bond donors (Lipinski definition) is 1. The molecule has 1 aromatic carbocycles. The second-order valence-electron chi connectivity index (χ2n) is 4.33. The van der Waals surface area contributed by atoms with Gasteiger partial charge in [0.1, 0.15) is 0 Å². The van der Waals surface area contributed by atoms with Crippen LogP contribution in [0.15, 0.2) is 33.3 Å². The van der Waals surface area contributed by atoms with Gasteiger partial charge in [-0.05, 0) is 34.0 Å². The van der Waals surface area contributed by atoms with Crippen LogP contribution in [-0.4, -0.2) is 11.1 Å². The van der Waals surface area contributed by atoms with E-state index in [9.17, 15) is 4.79 Å². The number of carbonyl (C=O) groups is 1. The molecular weight excluding hydrogens is 332 g/mol. The van der Waals surface area contributed by atoms with E-state index in [-0.39, 0.29) is 11.8 Å². The van der Waals surface area contributed by atoms with Gasteiger partial charge in [-0.25, -0.2) is 0 Å². The highest BCUT2D eigenvalue weighted by molar-refractivity contribution is 9.10. The van der Waals surface area contributed by atoms with Crippen LogP contribution in [0.25, 0.3) is 0 Å². The van der Waals surface area contributed by atoms with Gasteiger partial charge in [0.05, 0.1) is 16.3 Å². The number of rotatable bonds is 3. The Hall–Kier alpha value is -1.33. The first-order valence-electron chi connectivity index (χ1n) is 5.71. The SMILES string of the molecule is CC(C)c1cc(NC(=O)c2cccc(Br)c2Cl)on1. The second kappa shape index (κ2) is 5.75. The van der Waals surface area contributed by atoms with Crippen molar-refractivity contribution in [1.82, 2.24) is 5.16 Å². The monoisotopic (exact) mass is 342 g/mol. The van der Waals surface area contributed by atoms with Crippen LogP contribution in [0.3, 0.4) is 0 Å². The van der Waals surface area contributed by atoms with Gasteiger partial charge in [0, 0.05) is 10.5 Å². The molecule has 0 fully saturated rings. The molecule has 0 atom stereocenters. The zero-order valence-corrected chi connectivity index (χ0v) is 12.7. The molecule has 0 saturated carbocycles. The lowest BCUT2D eigenvalue weighted by Crippen LogP contribution is -2.12. The highest BCUT2D eigenvalue weighted by Gasteiger charge is 2.15. The van der Waals surface area contributed by atoms with Gasteiger partial charge in [-0.1, -0.05) is 36.7 Å². The largest absolute Gasteiger partial charge is 0.338 e. The van der Waals surface area contributed by atoms with E-state index < -0.39 is 0 Å². The van der Waals surface area contributed by atoms with Crippen molar-refractivity contribution in [3.63, 3.8) is 0 Å². The average Bonchev–Trinajstić information content (AvgIpc) is 2.81. The third-order valence-corrected chi connectivity index (χ3v) is 3.85. The smallest absolute Gasteiger partial charge is 0.259 e. The van der Waals surface area contributed by atoms with Gasteiger partial charge in [-0.15, -0.1) is 0 Å². The van der Waals surface area contributed by atoms with Gasteiger partial charge in [-0.3, -0.25) is 10.1 Å². The average molecular weight is 344 g/mol. The van der Waals surface area contributed by atoms with E-state index in [1.165, 1.54) is 0 Å². The highest BCUT2D eigenvalue weighted by atomic mass is 79.9. The van der Waals surface area contributed by atoms with Gasteiger partial charge in [0.15, 0.2) is 0 Å². The highest BCUT2D eigenvalue weighted by Crippen LogP contribution is 2.27. The Morgan fingerprint density at radius 1 is 1.47 bits per heavy atom. The summed E-state index contributed by atoms with van der Waals surface area (Å²) in [6.45, 7) is 3.99. The summed E-state index contributed by atoms with van der Waals surface area (Å²) in [5.41, 5.74) is 1.16. The lowest BCUT2D eigenvalue weighted by Gasteiger charge is -2.04. The van der Waals surface area contributed by atoms with Crippen LogP contribution in [0.4, 0.5) is 5.88 Å². The normalized spacial score (nSPS) is 10.8. The summed E-state index contributed by atoms with van der Waals surface area (Å²) in [4.78, 5) is 12.1. The van der Waals surface area contributed by atoms with Gasteiger partial charge in [0.2, 0.25) is 5.88 Å². The summed E-state index contributed by atoms with van der Waals surface area (Å²) in [7, 11) is 0. The number of benzene rings is 1. The fourth-order valence-electron chi connectivity index (χ4n) is 1.48. The molecule has 2 aromatic rings. The first-order chi connectivity index (χ1) is 8.99. The lowest BCUT2D eigenvalue weighted by atomic mass is 10.1. The van der Waals surface area contributed by atoms with Crippen molar-refractivity contribution < 1.29 is 9.32 Å². The van der Waals surface area contributed by atoms with Crippen molar-refractivity contribution in [1.29, 1.82) is 0 Å². The zero-order valence-electron chi connectivity index (χ0n) is 10.4. The van der Waals surface area contributed by atoms with Crippen LogP contribution in [0.2, 0.25) is 5.02 Å². The van der Waals surface area contributed by atoms with Crippen molar-refractivity contribution in [3.05, 3.63) is 45.0 Å². The third kappa shape index (κ3) is 3.16. The molecule has 19 heavy (non-hydrogen) atoms. The van der Waals surface area contributed by atoms with Crippen LogP contribution in [0.1, 0.15) is 35.8 Å². The molecule has 1 aromatic heterocycles. The number of halogens is 2. The number of nitrogens with one attached hydrogen (secondary N) is 1. The van der Waals surface area contributed by atoms with E-state index >= 15 is 0 Å². The van der Waals surface area contributed by atoms with Crippen molar-refractivity contribution in [2.24, 2.45) is 0 Å². The van der Waals surface area contributed by atoms with Crippen LogP contribution in [0.5, 0.6) is 0 Å². The van der Waals surface area contributed by atoms with Gasteiger partial charge in [-0.2, -0.15) is 0 Å². The predicted octanol–water partition coefficient (Wildman–Crippen LogP) is 4.47. The van der Waals surface area contributed by atoms with Crippen LogP contribution in [0, 0.1) is 0 Å². The molecular formula is C13H12BrClN2O2. The Kier molecular flexibility index (Phi) is 4.27. The minimum absolute atomic E-state index is 0.240. The summed E-state index contributed by atoms with van der Waals surface area (Å²) < 4.78 is 5.72. The molecule has 0 spiro atoms. The Morgan fingerprint density at radius 3 is 2.84 bits per heavy atom. The first-order valence-corrected chi connectivity index (χ1v) is 6.88. The summed E-state index contributed by atoms with van der Waals surface area (Å²) in [5, 5.41) is 6.86. The first kappa shape index (κ1) is 14.1. The summed E-state index contributed by atoms with van der Waals surface area (Å²) in [6, 6.07) is 6.85. The molecule has 100 valence electrons. The third-order valence-electron chi connectivity index (χ3n) is 2.55. The number of nitrogens with zero attached hydrogens (tertiary/aromatic N) is 1. The Bertz CT molecular complexity index is 610. The molecule has 0 unspecified atom stereocenters. The van der Waals surface area contributed by atoms with Crippen molar-refractivity contribution in [2.75, 3.05) is 5.32 Å². The zero-order chi connectivity index (χ0) is 14.0. The Labute approximate surface area is 124 Å². The van der Waals surface area contributed by atoms with E-state index in [4.69, 9.17) is 16.1 Å². The Morgan fingerprint density at radius 2 is 2.21 bits per heavy atom. The molecule has 0 bridgehead atoms. The molecule has 0 aliphatic carbocycles. The summed E-state index contributed by atoms with van der Waals surface area (Å²) in [5.74, 6) is 0.214. The maximum absolute atomic E-state index is 12.1. The molecule has 1 amide bonds. The van der Waals surface area contributed by atoms with Gasteiger partial charge in [0.25, 0.3) is 5.91 Å². The minimum atomic E-state index is -0.335. The van der Waals surface area contributed by atoms with E-state index in [1.54, 1.807) is 24.3 Å². The number of aromatic nitrogens is 1. The van der Waals surface area contributed by atoms with E-state index in [1.807, 2.05) is 13.8 Å². The maximum Gasteiger partial charge on any atom is 0.259 e. The van der Waals surface area contributed by atoms with Gasteiger partial charge < -0.3 is 4.52 Å².